The van der Waals surface area contributed by atoms with Crippen LogP contribution in [0.2, 0.25) is 0 Å². The third-order valence-corrected chi connectivity index (χ3v) is 6.47. The van der Waals surface area contributed by atoms with E-state index in [4.69, 9.17) is 4.42 Å². The minimum absolute atomic E-state index is 0.405. The van der Waals surface area contributed by atoms with Gasteiger partial charge >= 0.3 is 5.63 Å². The van der Waals surface area contributed by atoms with Crippen molar-refractivity contribution in [2.24, 2.45) is 5.10 Å². The van der Waals surface area contributed by atoms with Gasteiger partial charge in [0, 0.05) is 41.2 Å². The zero-order valence-electron chi connectivity index (χ0n) is 19.6. The molecule has 0 saturated heterocycles. The van der Waals surface area contributed by atoms with Crippen molar-refractivity contribution in [2.45, 2.75) is 34.6 Å². The number of fused-ring (bicyclic) bond motifs is 1. The van der Waals surface area contributed by atoms with Crippen molar-refractivity contribution >= 4 is 38.8 Å². The summed E-state index contributed by atoms with van der Waals surface area (Å²) in [5.41, 5.74) is 9.59. The number of thiazole rings is 1. The summed E-state index contributed by atoms with van der Waals surface area (Å²) in [4.78, 5) is 19.5. The maximum Gasteiger partial charge on any atom is 0.345 e. The molecule has 1 N–H and O–H groups in total. The summed E-state index contributed by atoms with van der Waals surface area (Å²) >= 11 is 1.47. The maximum atomic E-state index is 12.7. The Balaban J connectivity index is 1.57. The largest absolute Gasteiger partial charge is 0.422 e. The van der Waals surface area contributed by atoms with Crippen LogP contribution >= 0.6 is 11.3 Å². The van der Waals surface area contributed by atoms with E-state index in [9.17, 15) is 4.79 Å². The van der Waals surface area contributed by atoms with Crippen LogP contribution in [-0.2, 0) is 0 Å². The van der Waals surface area contributed by atoms with E-state index in [1.165, 1.54) is 22.5 Å². The number of aryl methyl sites for hydroxylation is 2. The molecular formula is C26H28N4O2S. The van der Waals surface area contributed by atoms with Gasteiger partial charge in [-0.2, -0.15) is 5.10 Å². The van der Waals surface area contributed by atoms with E-state index in [0.29, 0.717) is 22.0 Å². The minimum Gasteiger partial charge on any atom is -0.422 e. The summed E-state index contributed by atoms with van der Waals surface area (Å²) in [7, 11) is 0. The molecule has 0 saturated carbocycles. The minimum atomic E-state index is -0.405. The Kier molecular flexibility index (Phi) is 6.60. The van der Waals surface area contributed by atoms with Crippen molar-refractivity contribution in [2.75, 3.05) is 23.4 Å². The van der Waals surface area contributed by atoms with Gasteiger partial charge in [-0.25, -0.2) is 9.78 Å². The molecule has 6 nitrogen and oxygen atoms in total. The number of aromatic nitrogens is 1. The molecule has 0 unspecified atom stereocenters. The molecule has 4 aromatic rings. The van der Waals surface area contributed by atoms with E-state index < -0.39 is 5.63 Å². The number of rotatable bonds is 7. The topological polar surface area (TPSA) is 70.7 Å². The Morgan fingerprint density at radius 1 is 1.12 bits per heavy atom. The molecule has 0 aliphatic carbocycles. The van der Waals surface area contributed by atoms with E-state index in [-0.39, 0.29) is 0 Å². The predicted molar refractivity (Wildman–Crippen MR) is 139 cm³/mol. The zero-order valence-corrected chi connectivity index (χ0v) is 20.4. The summed E-state index contributed by atoms with van der Waals surface area (Å²) in [6, 6.07) is 14.1. The summed E-state index contributed by atoms with van der Waals surface area (Å²) in [5.74, 6) is 0. The van der Waals surface area contributed by atoms with E-state index in [1.54, 1.807) is 6.92 Å². The SMILES string of the molecule is CCN(CC)c1ccc2cc(/C(C)=N\Nc3nc(-c4ccc(C)cc4C)cs3)c(=O)oc2c1. The van der Waals surface area contributed by atoms with E-state index in [2.05, 4.69) is 66.3 Å². The second-order valence-electron chi connectivity index (χ2n) is 8.01. The first-order valence-corrected chi connectivity index (χ1v) is 11.9. The molecule has 0 amide bonds. The first kappa shape index (κ1) is 22.7. The smallest absolute Gasteiger partial charge is 0.345 e. The third kappa shape index (κ3) is 4.83. The summed E-state index contributed by atoms with van der Waals surface area (Å²) in [6.45, 7) is 11.9. The molecule has 2 aromatic carbocycles. The van der Waals surface area contributed by atoms with Gasteiger partial charge in [0.05, 0.1) is 17.0 Å². The molecule has 33 heavy (non-hydrogen) atoms. The molecule has 0 bridgehead atoms. The molecular weight excluding hydrogens is 432 g/mol. The van der Waals surface area contributed by atoms with Gasteiger partial charge in [-0.15, -0.1) is 11.3 Å². The second-order valence-corrected chi connectivity index (χ2v) is 8.87. The van der Waals surface area contributed by atoms with Gasteiger partial charge in [0.2, 0.25) is 5.13 Å². The normalized spacial score (nSPS) is 11.7. The highest BCUT2D eigenvalue weighted by atomic mass is 32.1. The molecule has 2 heterocycles. The summed E-state index contributed by atoms with van der Waals surface area (Å²) in [5, 5.41) is 7.92. The Hall–Kier alpha value is -3.45. The average molecular weight is 461 g/mol. The van der Waals surface area contributed by atoms with Crippen LogP contribution in [0.4, 0.5) is 10.8 Å². The van der Waals surface area contributed by atoms with Crippen LogP contribution in [0.15, 0.2) is 62.2 Å². The fourth-order valence-electron chi connectivity index (χ4n) is 3.88. The van der Waals surface area contributed by atoms with Gasteiger partial charge in [-0.1, -0.05) is 23.8 Å². The van der Waals surface area contributed by atoms with Gasteiger partial charge in [-0.3, -0.25) is 5.43 Å². The van der Waals surface area contributed by atoms with E-state index in [1.807, 2.05) is 29.6 Å². The molecule has 2 aromatic heterocycles. The van der Waals surface area contributed by atoms with Gasteiger partial charge < -0.3 is 9.32 Å². The van der Waals surface area contributed by atoms with Crippen LogP contribution in [0.1, 0.15) is 37.5 Å². The second kappa shape index (κ2) is 9.58. The quantitative estimate of drug-likeness (QED) is 0.201. The van der Waals surface area contributed by atoms with Crippen LogP contribution in [0.5, 0.6) is 0 Å². The molecule has 0 radical (unpaired) electrons. The monoisotopic (exact) mass is 460 g/mol. The fourth-order valence-corrected chi connectivity index (χ4v) is 4.53. The number of hydrogen-bond donors (Lipinski definition) is 1. The lowest BCUT2D eigenvalue weighted by atomic mass is 10.0. The number of benzene rings is 2. The van der Waals surface area contributed by atoms with Crippen molar-refractivity contribution in [1.29, 1.82) is 0 Å². The maximum absolute atomic E-state index is 12.7. The average Bonchev–Trinajstić information content (AvgIpc) is 3.26. The number of nitrogens with zero attached hydrogens (tertiary/aromatic N) is 3. The highest BCUT2D eigenvalue weighted by molar-refractivity contribution is 7.14. The van der Waals surface area contributed by atoms with Crippen LogP contribution < -0.4 is 16.0 Å². The Labute approximate surface area is 197 Å². The Morgan fingerprint density at radius 3 is 2.64 bits per heavy atom. The number of anilines is 2. The highest BCUT2D eigenvalue weighted by Gasteiger charge is 2.12. The molecule has 0 spiro atoms. The van der Waals surface area contributed by atoms with Crippen LogP contribution in [0.25, 0.3) is 22.2 Å². The molecule has 0 aliphatic heterocycles. The standard InChI is InChI=1S/C26H28N4O2S/c1-6-30(7-2)20-10-9-19-13-22(25(31)32-24(19)14-20)18(5)28-29-26-27-23(15-33-26)21-11-8-16(3)12-17(21)4/h8-15H,6-7H2,1-5H3,(H,27,29)/b28-18-. The number of hydrogen-bond acceptors (Lipinski definition) is 7. The molecule has 0 atom stereocenters. The fraction of sp³-hybridized carbons (Fsp3) is 0.269. The lowest BCUT2D eigenvalue weighted by Gasteiger charge is -2.21. The van der Waals surface area contributed by atoms with Crippen molar-refractivity contribution < 1.29 is 4.42 Å². The summed E-state index contributed by atoms with van der Waals surface area (Å²) < 4.78 is 5.63. The van der Waals surface area contributed by atoms with Crippen LogP contribution in [0.3, 0.4) is 0 Å². The molecule has 4 rings (SSSR count). The Bertz CT molecular complexity index is 1380. The first-order chi connectivity index (χ1) is 15.9. The predicted octanol–water partition coefficient (Wildman–Crippen LogP) is 6.22. The third-order valence-electron chi connectivity index (χ3n) is 5.72. The Morgan fingerprint density at radius 2 is 1.91 bits per heavy atom. The van der Waals surface area contributed by atoms with Crippen molar-refractivity contribution in [3.8, 4) is 11.3 Å². The van der Waals surface area contributed by atoms with E-state index in [0.717, 1.165) is 35.4 Å². The number of nitrogens with one attached hydrogen (secondary N) is 1. The molecule has 170 valence electrons. The van der Waals surface area contributed by atoms with Gasteiger partial charge in [0.1, 0.15) is 5.58 Å². The molecule has 0 aliphatic rings. The molecule has 0 fully saturated rings. The van der Waals surface area contributed by atoms with Crippen molar-refractivity contribution in [1.82, 2.24) is 4.98 Å². The lowest BCUT2D eigenvalue weighted by Crippen LogP contribution is -2.21. The molecule has 7 heteroatoms. The van der Waals surface area contributed by atoms with Crippen LogP contribution in [0, 0.1) is 13.8 Å². The van der Waals surface area contributed by atoms with Crippen LogP contribution in [-0.4, -0.2) is 23.8 Å². The van der Waals surface area contributed by atoms with Gasteiger partial charge in [0.25, 0.3) is 0 Å². The zero-order chi connectivity index (χ0) is 23.5. The highest BCUT2D eigenvalue weighted by Crippen LogP contribution is 2.28. The van der Waals surface area contributed by atoms with Crippen molar-refractivity contribution in [3.63, 3.8) is 0 Å². The lowest BCUT2D eigenvalue weighted by molar-refractivity contribution is 0.559. The summed E-state index contributed by atoms with van der Waals surface area (Å²) in [6.07, 6.45) is 0. The number of hydrazone groups is 1. The van der Waals surface area contributed by atoms with Gasteiger partial charge in [0.15, 0.2) is 0 Å². The van der Waals surface area contributed by atoms with Gasteiger partial charge in [-0.05, 0) is 58.4 Å². The van der Waals surface area contributed by atoms with E-state index >= 15 is 0 Å². The first-order valence-electron chi connectivity index (χ1n) is 11.1. The van der Waals surface area contributed by atoms with Crippen molar-refractivity contribution in [3.05, 3.63) is 75.0 Å².